The molecule has 0 spiro atoms. The van der Waals surface area contributed by atoms with Crippen molar-refractivity contribution < 1.29 is 4.79 Å². The van der Waals surface area contributed by atoms with Crippen molar-refractivity contribution in [1.82, 2.24) is 0 Å². The van der Waals surface area contributed by atoms with E-state index in [1.165, 1.54) is 0 Å². The van der Waals surface area contributed by atoms with E-state index in [2.05, 4.69) is 21.2 Å². The van der Waals surface area contributed by atoms with Crippen LogP contribution in [-0.4, -0.2) is 5.91 Å². The summed E-state index contributed by atoms with van der Waals surface area (Å²) in [7, 11) is 0. The number of nitrogens with two attached hydrogens (primary N) is 1. The van der Waals surface area contributed by atoms with Gasteiger partial charge in [0.25, 0.3) is 5.91 Å². The molecule has 0 aromatic heterocycles. The van der Waals surface area contributed by atoms with E-state index in [0.29, 0.717) is 26.4 Å². The quantitative estimate of drug-likeness (QED) is 0.822. The van der Waals surface area contributed by atoms with Crippen molar-refractivity contribution in [3.05, 3.63) is 57.5 Å². The SMILES string of the molecule is Nc1cccc(NC(=O)c2cccc(Br)c2Cl)c1. The van der Waals surface area contributed by atoms with Crippen LogP contribution < -0.4 is 11.1 Å². The molecule has 0 aliphatic rings. The Balaban J connectivity index is 2.25. The van der Waals surface area contributed by atoms with Crippen LogP contribution in [0.15, 0.2) is 46.9 Å². The summed E-state index contributed by atoms with van der Waals surface area (Å²) in [5.41, 5.74) is 7.28. The summed E-state index contributed by atoms with van der Waals surface area (Å²) in [6, 6.07) is 12.2. The lowest BCUT2D eigenvalue weighted by Crippen LogP contribution is -2.12. The van der Waals surface area contributed by atoms with E-state index in [9.17, 15) is 4.79 Å². The van der Waals surface area contributed by atoms with Gasteiger partial charge < -0.3 is 11.1 Å². The van der Waals surface area contributed by atoms with Gasteiger partial charge in [-0.3, -0.25) is 4.79 Å². The average Bonchev–Trinajstić information content (AvgIpc) is 2.32. The van der Waals surface area contributed by atoms with Crippen LogP contribution >= 0.6 is 27.5 Å². The third-order valence-electron chi connectivity index (χ3n) is 2.34. The van der Waals surface area contributed by atoms with Crippen molar-refractivity contribution >= 4 is 44.8 Å². The molecular formula is C13H10BrClN2O. The number of benzene rings is 2. The predicted molar refractivity (Wildman–Crippen MR) is 78.0 cm³/mol. The normalized spacial score (nSPS) is 10.1. The molecule has 18 heavy (non-hydrogen) atoms. The minimum Gasteiger partial charge on any atom is -0.399 e. The first kappa shape index (κ1) is 12.9. The topological polar surface area (TPSA) is 55.1 Å². The van der Waals surface area contributed by atoms with Gasteiger partial charge in [-0.05, 0) is 46.3 Å². The molecule has 0 aliphatic heterocycles. The van der Waals surface area contributed by atoms with Gasteiger partial charge in [0, 0.05) is 15.8 Å². The number of hydrogen-bond acceptors (Lipinski definition) is 2. The smallest absolute Gasteiger partial charge is 0.257 e. The maximum atomic E-state index is 12.0. The lowest BCUT2D eigenvalue weighted by atomic mass is 10.2. The Morgan fingerprint density at radius 1 is 1.22 bits per heavy atom. The van der Waals surface area contributed by atoms with Crippen LogP contribution in [0.5, 0.6) is 0 Å². The second kappa shape index (κ2) is 5.42. The van der Waals surface area contributed by atoms with Gasteiger partial charge >= 0.3 is 0 Å². The summed E-state index contributed by atoms with van der Waals surface area (Å²) in [6.07, 6.45) is 0. The van der Waals surface area contributed by atoms with Gasteiger partial charge in [-0.15, -0.1) is 0 Å². The Bertz CT molecular complexity index is 601. The van der Waals surface area contributed by atoms with Gasteiger partial charge in [0.05, 0.1) is 10.6 Å². The van der Waals surface area contributed by atoms with Gasteiger partial charge in [0.2, 0.25) is 0 Å². The number of rotatable bonds is 2. The molecule has 0 fully saturated rings. The minimum atomic E-state index is -0.271. The summed E-state index contributed by atoms with van der Waals surface area (Å²) in [5, 5.41) is 3.13. The molecule has 0 saturated heterocycles. The number of anilines is 2. The fourth-order valence-electron chi connectivity index (χ4n) is 1.49. The molecule has 0 atom stereocenters. The number of carbonyl (C=O) groups excluding carboxylic acids is 1. The van der Waals surface area contributed by atoms with Crippen molar-refractivity contribution in [2.75, 3.05) is 11.1 Å². The van der Waals surface area contributed by atoms with Gasteiger partial charge in [0.15, 0.2) is 0 Å². The van der Waals surface area contributed by atoms with Crippen molar-refractivity contribution in [3.8, 4) is 0 Å². The molecule has 0 aliphatic carbocycles. The minimum absolute atomic E-state index is 0.271. The second-order valence-corrected chi connectivity index (χ2v) is 4.91. The Kier molecular flexibility index (Phi) is 3.89. The number of amides is 1. The summed E-state index contributed by atoms with van der Waals surface area (Å²) >= 11 is 9.33. The Labute approximate surface area is 118 Å². The van der Waals surface area contributed by atoms with E-state index in [1.807, 2.05) is 0 Å². The van der Waals surface area contributed by atoms with Crippen molar-refractivity contribution in [2.45, 2.75) is 0 Å². The third-order valence-corrected chi connectivity index (χ3v) is 3.64. The van der Waals surface area contributed by atoms with Gasteiger partial charge in [-0.25, -0.2) is 0 Å². The molecule has 0 bridgehead atoms. The molecule has 0 saturated carbocycles. The average molecular weight is 326 g/mol. The molecule has 2 aromatic carbocycles. The van der Waals surface area contributed by atoms with Crippen LogP contribution in [0.4, 0.5) is 11.4 Å². The molecule has 1 amide bonds. The van der Waals surface area contributed by atoms with Crippen LogP contribution in [0.2, 0.25) is 5.02 Å². The zero-order valence-corrected chi connectivity index (χ0v) is 11.6. The lowest BCUT2D eigenvalue weighted by molar-refractivity contribution is 0.102. The molecule has 0 unspecified atom stereocenters. The summed E-state index contributed by atoms with van der Waals surface area (Å²) in [5.74, 6) is -0.271. The van der Waals surface area contributed by atoms with Gasteiger partial charge in [-0.2, -0.15) is 0 Å². The maximum absolute atomic E-state index is 12.0. The van der Waals surface area contributed by atoms with Crippen LogP contribution in [0, 0.1) is 0 Å². The Morgan fingerprint density at radius 2 is 1.94 bits per heavy atom. The highest BCUT2D eigenvalue weighted by molar-refractivity contribution is 9.10. The summed E-state index contributed by atoms with van der Waals surface area (Å²) < 4.78 is 0.685. The molecule has 0 heterocycles. The van der Waals surface area contributed by atoms with E-state index in [-0.39, 0.29) is 5.91 Å². The van der Waals surface area contributed by atoms with E-state index in [0.717, 1.165) is 0 Å². The van der Waals surface area contributed by atoms with Crippen LogP contribution in [0.1, 0.15) is 10.4 Å². The zero-order chi connectivity index (χ0) is 13.1. The number of nitrogen functional groups attached to an aromatic ring is 1. The maximum Gasteiger partial charge on any atom is 0.257 e. The monoisotopic (exact) mass is 324 g/mol. The first-order valence-corrected chi connectivity index (χ1v) is 6.36. The molecule has 2 aromatic rings. The lowest BCUT2D eigenvalue weighted by Gasteiger charge is -2.08. The molecule has 3 nitrogen and oxygen atoms in total. The molecular weight excluding hydrogens is 316 g/mol. The standard InChI is InChI=1S/C13H10BrClN2O/c14-11-6-2-5-10(12(11)15)13(18)17-9-4-1-3-8(16)7-9/h1-7H,16H2,(H,17,18). The number of nitrogens with one attached hydrogen (secondary N) is 1. The second-order valence-electron chi connectivity index (χ2n) is 3.68. The van der Waals surface area contributed by atoms with Crippen LogP contribution in [0.25, 0.3) is 0 Å². The molecule has 0 radical (unpaired) electrons. The molecule has 92 valence electrons. The van der Waals surface area contributed by atoms with E-state index in [4.69, 9.17) is 17.3 Å². The first-order valence-electron chi connectivity index (χ1n) is 5.19. The Hall–Kier alpha value is -1.52. The zero-order valence-electron chi connectivity index (χ0n) is 9.28. The number of hydrogen-bond donors (Lipinski definition) is 2. The van der Waals surface area contributed by atoms with Crippen molar-refractivity contribution in [1.29, 1.82) is 0 Å². The summed E-state index contributed by atoms with van der Waals surface area (Å²) in [4.78, 5) is 12.0. The van der Waals surface area contributed by atoms with Gasteiger partial charge in [0.1, 0.15) is 0 Å². The fraction of sp³-hybridized carbons (Fsp3) is 0. The fourth-order valence-corrected chi connectivity index (χ4v) is 2.07. The van der Waals surface area contributed by atoms with Crippen molar-refractivity contribution in [2.24, 2.45) is 0 Å². The summed E-state index contributed by atoms with van der Waals surface area (Å²) in [6.45, 7) is 0. The van der Waals surface area contributed by atoms with E-state index >= 15 is 0 Å². The molecule has 3 N–H and O–H groups in total. The van der Waals surface area contributed by atoms with Crippen LogP contribution in [0.3, 0.4) is 0 Å². The molecule has 2 rings (SSSR count). The highest BCUT2D eigenvalue weighted by Crippen LogP contribution is 2.26. The highest BCUT2D eigenvalue weighted by Gasteiger charge is 2.12. The first-order chi connectivity index (χ1) is 8.58. The van der Waals surface area contributed by atoms with Gasteiger partial charge in [-0.1, -0.05) is 23.7 Å². The third kappa shape index (κ3) is 2.83. The predicted octanol–water partition coefficient (Wildman–Crippen LogP) is 3.94. The van der Waals surface area contributed by atoms with Crippen LogP contribution in [-0.2, 0) is 0 Å². The Morgan fingerprint density at radius 3 is 2.67 bits per heavy atom. The van der Waals surface area contributed by atoms with E-state index < -0.39 is 0 Å². The largest absolute Gasteiger partial charge is 0.399 e. The highest BCUT2D eigenvalue weighted by atomic mass is 79.9. The number of carbonyl (C=O) groups is 1. The number of halogens is 2. The van der Waals surface area contributed by atoms with E-state index in [1.54, 1.807) is 42.5 Å². The molecule has 5 heteroatoms. The van der Waals surface area contributed by atoms with Crippen molar-refractivity contribution in [3.63, 3.8) is 0 Å².